The van der Waals surface area contributed by atoms with Crippen LogP contribution in [0, 0.1) is 35.5 Å². The van der Waals surface area contributed by atoms with Gasteiger partial charge in [-0.15, -0.1) is 6.58 Å². The lowest BCUT2D eigenvalue weighted by Gasteiger charge is -2.17. The second kappa shape index (κ2) is 8.70. The van der Waals surface area contributed by atoms with Gasteiger partial charge in [-0.1, -0.05) is 72.1 Å². The van der Waals surface area contributed by atoms with Crippen LogP contribution in [0.5, 0.6) is 0 Å². The third kappa shape index (κ3) is 5.85. The first kappa shape index (κ1) is 17.5. The molecular formula is C20H36. The number of allylic oxidation sites excluding steroid dienone is 3. The quantitative estimate of drug-likeness (QED) is 0.400. The number of hydrogen-bond donors (Lipinski definition) is 0. The highest BCUT2D eigenvalue weighted by Crippen LogP contribution is 2.44. The van der Waals surface area contributed by atoms with E-state index in [1.54, 1.807) is 0 Å². The van der Waals surface area contributed by atoms with E-state index in [2.05, 4.69) is 59.4 Å². The van der Waals surface area contributed by atoms with Gasteiger partial charge in [0.05, 0.1) is 0 Å². The van der Waals surface area contributed by atoms with Crippen molar-refractivity contribution in [3.8, 4) is 0 Å². The summed E-state index contributed by atoms with van der Waals surface area (Å²) in [4.78, 5) is 0. The van der Waals surface area contributed by atoms with Gasteiger partial charge in [-0.2, -0.15) is 0 Å². The summed E-state index contributed by atoms with van der Waals surface area (Å²) in [5.41, 5.74) is 0. The minimum atomic E-state index is 0.597. The zero-order chi connectivity index (χ0) is 15.1. The van der Waals surface area contributed by atoms with Crippen LogP contribution in [0.1, 0.15) is 66.7 Å². The van der Waals surface area contributed by atoms with E-state index in [9.17, 15) is 0 Å². The van der Waals surface area contributed by atoms with Crippen LogP contribution in [0.15, 0.2) is 24.8 Å². The van der Waals surface area contributed by atoms with Gasteiger partial charge in [0.1, 0.15) is 0 Å². The third-order valence-electron chi connectivity index (χ3n) is 5.69. The Morgan fingerprint density at radius 2 is 1.80 bits per heavy atom. The Kier molecular flexibility index (Phi) is 7.62. The van der Waals surface area contributed by atoms with Gasteiger partial charge in [-0.05, 0) is 48.3 Å². The first-order valence-electron chi connectivity index (χ1n) is 8.80. The van der Waals surface area contributed by atoms with Crippen LogP contribution < -0.4 is 0 Å². The molecule has 1 aliphatic carbocycles. The molecule has 0 N–H and O–H groups in total. The molecule has 0 spiro atoms. The van der Waals surface area contributed by atoms with Crippen LogP contribution >= 0.6 is 0 Å². The number of rotatable bonds is 10. The van der Waals surface area contributed by atoms with E-state index in [4.69, 9.17) is 0 Å². The largest absolute Gasteiger partial charge is 0.103 e. The topological polar surface area (TPSA) is 0 Å². The Bertz CT molecular complexity index is 301. The maximum Gasteiger partial charge on any atom is -0.0202 e. The number of hydrogen-bond acceptors (Lipinski definition) is 0. The monoisotopic (exact) mass is 276 g/mol. The van der Waals surface area contributed by atoms with Gasteiger partial charge < -0.3 is 0 Å². The first-order chi connectivity index (χ1) is 9.49. The summed E-state index contributed by atoms with van der Waals surface area (Å²) in [5.74, 6) is 4.90. The summed E-state index contributed by atoms with van der Waals surface area (Å²) in [6, 6.07) is 0. The molecule has 0 nitrogen and oxygen atoms in total. The van der Waals surface area contributed by atoms with Crippen LogP contribution in [-0.4, -0.2) is 0 Å². The van der Waals surface area contributed by atoms with E-state index in [1.165, 1.54) is 32.1 Å². The van der Waals surface area contributed by atoms with E-state index in [0.717, 1.165) is 23.7 Å². The fraction of sp³-hybridized carbons (Fsp3) is 0.800. The molecule has 6 unspecified atom stereocenters. The summed E-state index contributed by atoms with van der Waals surface area (Å²) in [7, 11) is 0. The van der Waals surface area contributed by atoms with Gasteiger partial charge in [0.2, 0.25) is 0 Å². The molecule has 0 aromatic carbocycles. The van der Waals surface area contributed by atoms with Crippen molar-refractivity contribution >= 4 is 0 Å². The molecule has 0 heteroatoms. The molecule has 0 aromatic rings. The molecule has 0 heterocycles. The lowest BCUT2D eigenvalue weighted by molar-refractivity contribution is 0.341. The minimum Gasteiger partial charge on any atom is -0.103 e. The van der Waals surface area contributed by atoms with Crippen LogP contribution in [0.25, 0.3) is 0 Å². The molecule has 0 aliphatic heterocycles. The molecule has 1 saturated carbocycles. The van der Waals surface area contributed by atoms with E-state index in [-0.39, 0.29) is 0 Å². The molecule has 0 aromatic heterocycles. The second-order valence-corrected chi connectivity index (χ2v) is 7.29. The zero-order valence-corrected chi connectivity index (χ0v) is 14.4. The lowest BCUT2D eigenvalue weighted by atomic mass is 9.89. The van der Waals surface area contributed by atoms with Gasteiger partial charge in [0, 0.05) is 0 Å². The van der Waals surface area contributed by atoms with E-state index in [1.807, 2.05) is 0 Å². The molecule has 6 atom stereocenters. The molecule has 0 bridgehead atoms. The zero-order valence-electron chi connectivity index (χ0n) is 14.4. The van der Waals surface area contributed by atoms with E-state index < -0.39 is 0 Å². The Hall–Kier alpha value is -0.520. The second-order valence-electron chi connectivity index (χ2n) is 7.29. The third-order valence-corrected chi connectivity index (χ3v) is 5.69. The van der Waals surface area contributed by atoms with Gasteiger partial charge in [0.15, 0.2) is 0 Å². The van der Waals surface area contributed by atoms with Crippen molar-refractivity contribution in [1.29, 1.82) is 0 Å². The Labute approximate surface area is 127 Å². The molecule has 0 amide bonds. The average Bonchev–Trinajstić information content (AvgIpc) is 3.21. The van der Waals surface area contributed by atoms with Crippen molar-refractivity contribution in [3.05, 3.63) is 24.8 Å². The molecule has 1 fully saturated rings. The van der Waals surface area contributed by atoms with Crippen LogP contribution in [-0.2, 0) is 0 Å². The van der Waals surface area contributed by atoms with Crippen molar-refractivity contribution in [3.63, 3.8) is 0 Å². The van der Waals surface area contributed by atoms with Crippen LogP contribution in [0.4, 0.5) is 0 Å². The van der Waals surface area contributed by atoms with Crippen molar-refractivity contribution in [2.75, 3.05) is 0 Å². The normalized spacial score (nSPS) is 28.1. The van der Waals surface area contributed by atoms with Crippen molar-refractivity contribution in [2.45, 2.75) is 66.7 Å². The van der Waals surface area contributed by atoms with E-state index in [0.29, 0.717) is 11.8 Å². The average molecular weight is 277 g/mol. The first-order valence-corrected chi connectivity index (χ1v) is 8.80. The lowest BCUT2D eigenvalue weighted by Crippen LogP contribution is -2.06. The molecule has 116 valence electrons. The van der Waals surface area contributed by atoms with Crippen molar-refractivity contribution < 1.29 is 0 Å². The standard InChI is InChI=1S/C20H36/c1-7-15(3)17(5)10-9-11-19-14-20(19)13-12-18(6)16(4)8-2/h8,12-13,15-20H,2,7,9-11,14H2,1,3-6H3. The minimum absolute atomic E-state index is 0.597. The fourth-order valence-corrected chi connectivity index (χ4v) is 2.94. The molecule has 1 aliphatic rings. The Morgan fingerprint density at radius 1 is 1.10 bits per heavy atom. The summed E-state index contributed by atoms with van der Waals surface area (Å²) in [6.07, 6.45) is 14.0. The van der Waals surface area contributed by atoms with Crippen molar-refractivity contribution in [2.24, 2.45) is 35.5 Å². The van der Waals surface area contributed by atoms with Gasteiger partial charge in [-0.3, -0.25) is 0 Å². The highest BCUT2D eigenvalue weighted by molar-refractivity contribution is 5.04. The summed E-state index contributed by atoms with van der Waals surface area (Å²) in [5, 5.41) is 0. The molecule has 0 radical (unpaired) electrons. The van der Waals surface area contributed by atoms with Crippen LogP contribution in [0.3, 0.4) is 0 Å². The predicted molar refractivity (Wildman–Crippen MR) is 91.7 cm³/mol. The van der Waals surface area contributed by atoms with Gasteiger partial charge >= 0.3 is 0 Å². The highest BCUT2D eigenvalue weighted by atomic mass is 14.4. The fourth-order valence-electron chi connectivity index (χ4n) is 2.94. The Balaban J connectivity index is 2.15. The summed E-state index contributed by atoms with van der Waals surface area (Å²) >= 11 is 0. The molecular weight excluding hydrogens is 240 g/mol. The SMILES string of the molecule is C=CC(C)C(C)C=CC1CC1CCCC(C)C(C)CC. The highest BCUT2D eigenvalue weighted by Gasteiger charge is 2.34. The molecule has 1 rings (SSSR count). The maximum absolute atomic E-state index is 3.88. The predicted octanol–water partition coefficient (Wildman–Crippen LogP) is 6.49. The van der Waals surface area contributed by atoms with E-state index >= 15 is 0 Å². The van der Waals surface area contributed by atoms with Gasteiger partial charge in [-0.25, -0.2) is 0 Å². The Morgan fingerprint density at radius 3 is 2.40 bits per heavy atom. The maximum atomic E-state index is 3.88. The van der Waals surface area contributed by atoms with Crippen molar-refractivity contribution in [1.82, 2.24) is 0 Å². The van der Waals surface area contributed by atoms with Gasteiger partial charge in [0.25, 0.3) is 0 Å². The summed E-state index contributed by atoms with van der Waals surface area (Å²) < 4.78 is 0. The summed E-state index contributed by atoms with van der Waals surface area (Å²) in [6.45, 7) is 15.6. The molecule has 20 heavy (non-hydrogen) atoms. The van der Waals surface area contributed by atoms with Crippen LogP contribution in [0.2, 0.25) is 0 Å². The smallest absolute Gasteiger partial charge is 0.0202 e. The molecule has 0 saturated heterocycles.